The first-order valence-corrected chi connectivity index (χ1v) is 6.65. The van der Waals surface area contributed by atoms with E-state index in [1.165, 1.54) is 18.2 Å². The summed E-state index contributed by atoms with van der Waals surface area (Å²) in [7, 11) is 0. The fourth-order valence-electron chi connectivity index (χ4n) is 1.90. The van der Waals surface area contributed by atoms with Crippen LogP contribution in [0.5, 0.6) is 0 Å². The number of carbonyl (C=O) groups excluding carboxylic acids is 1. The maximum absolute atomic E-state index is 11.7. The Morgan fingerprint density at radius 2 is 2.47 bits per heavy atom. The predicted octanol–water partition coefficient (Wildman–Crippen LogP) is 1.89. The van der Waals surface area contributed by atoms with Crippen LogP contribution in [-0.2, 0) is 4.79 Å². The fraction of sp³-hybridized carbons (Fsp3) is 0.818. The average Bonchev–Trinajstić information content (AvgIpc) is 2.29. The summed E-state index contributed by atoms with van der Waals surface area (Å²) in [6.45, 7) is 4.01. The molecule has 84 valence electrons. The number of hydrogen-bond donors (Lipinski definition) is 0. The molecule has 0 radical (unpaired) electrons. The van der Waals surface area contributed by atoms with E-state index in [4.69, 9.17) is 5.26 Å². The van der Waals surface area contributed by atoms with Crippen LogP contribution in [0.3, 0.4) is 0 Å². The third kappa shape index (κ3) is 4.13. The Balaban J connectivity index is 2.29. The molecule has 0 aliphatic carbocycles. The zero-order valence-electron chi connectivity index (χ0n) is 9.24. The molecule has 0 bridgehead atoms. The van der Waals surface area contributed by atoms with Gasteiger partial charge in [0.05, 0.1) is 17.6 Å². The number of carbonyl (C=O) groups is 1. The lowest BCUT2D eigenvalue weighted by atomic mass is 9.96. The second-order valence-electron chi connectivity index (χ2n) is 3.91. The molecule has 0 aromatic rings. The first-order chi connectivity index (χ1) is 7.27. The quantitative estimate of drug-likeness (QED) is 0.688. The molecule has 1 saturated heterocycles. The molecule has 1 aliphatic rings. The highest BCUT2D eigenvalue weighted by Crippen LogP contribution is 2.19. The summed E-state index contributed by atoms with van der Waals surface area (Å²) < 4.78 is 0. The van der Waals surface area contributed by atoms with Crippen molar-refractivity contribution in [1.82, 2.24) is 4.90 Å². The molecule has 0 aromatic heterocycles. The van der Waals surface area contributed by atoms with E-state index in [1.54, 1.807) is 0 Å². The van der Waals surface area contributed by atoms with Crippen LogP contribution in [0.2, 0.25) is 0 Å². The molecule has 1 fully saturated rings. The van der Waals surface area contributed by atoms with Gasteiger partial charge in [0, 0.05) is 13.1 Å². The Morgan fingerprint density at radius 1 is 1.67 bits per heavy atom. The molecule has 3 nitrogen and oxygen atoms in total. The van der Waals surface area contributed by atoms with Gasteiger partial charge in [-0.1, -0.05) is 13.3 Å². The highest BCUT2D eigenvalue weighted by Gasteiger charge is 2.21. The van der Waals surface area contributed by atoms with Gasteiger partial charge >= 0.3 is 0 Å². The molecule has 15 heavy (non-hydrogen) atoms. The third-order valence-electron chi connectivity index (χ3n) is 2.84. The number of piperidine rings is 1. The van der Waals surface area contributed by atoms with Crippen LogP contribution in [0.4, 0.5) is 0 Å². The van der Waals surface area contributed by atoms with Crippen LogP contribution in [0.1, 0.15) is 26.2 Å². The van der Waals surface area contributed by atoms with E-state index < -0.39 is 0 Å². The Bertz CT molecular complexity index is 249. The molecule has 1 heterocycles. The number of rotatable bonds is 4. The monoisotopic (exact) mass is 226 g/mol. The second-order valence-corrected chi connectivity index (χ2v) is 4.89. The number of hydrogen-bond acceptors (Lipinski definition) is 3. The Hall–Kier alpha value is -0.690. The average molecular weight is 226 g/mol. The van der Waals surface area contributed by atoms with Crippen molar-refractivity contribution in [1.29, 1.82) is 5.26 Å². The minimum absolute atomic E-state index is 0.202. The third-order valence-corrected chi connectivity index (χ3v) is 3.63. The summed E-state index contributed by atoms with van der Waals surface area (Å²) in [5, 5.41) is 8.37. The normalized spacial score (nSPS) is 21.1. The molecule has 1 unspecified atom stereocenters. The van der Waals surface area contributed by atoms with Gasteiger partial charge in [0.15, 0.2) is 0 Å². The molecule has 1 amide bonds. The van der Waals surface area contributed by atoms with Crippen LogP contribution in [0.15, 0.2) is 0 Å². The summed E-state index contributed by atoms with van der Waals surface area (Å²) in [4.78, 5) is 13.7. The molecule has 0 aromatic carbocycles. The molecule has 1 aliphatic heterocycles. The van der Waals surface area contributed by atoms with E-state index in [2.05, 4.69) is 6.92 Å². The Kier molecular flexibility index (Phi) is 5.56. The van der Waals surface area contributed by atoms with Crippen LogP contribution >= 0.6 is 11.8 Å². The number of thioether (sulfide) groups is 1. The smallest absolute Gasteiger partial charge is 0.232 e. The molecule has 4 heteroatoms. The topological polar surface area (TPSA) is 44.1 Å². The number of likely N-dealkylation sites (tertiary alicyclic amines) is 1. The summed E-state index contributed by atoms with van der Waals surface area (Å²) in [5.41, 5.74) is 0. The highest BCUT2D eigenvalue weighted by molar-refractivity contribution is 8.00. The molecule has 0 saturated carbocycles. The zero-order chi connectivity index (χ0) is 11.1. The van der Waals surface area contributed by atoms with Crippen molar-refractivity contribution in [2.75, 3.05) is 24.6 Å². The minimum atomic E-state index is 0.202. The second kappa shape index (κ2) is 6.73. The molecule has 0 spiro atoms. The standard InChI is InChI=1S/C11H18N2OS/c1-2-10-4-3-6-13(8-10)11(14)9-15-7-5-12/h10H,2-4,6-9H2,1H3. The van der Waals surface area contributed by atoms with Crippen molar-refractivity contribution in [3.63, 3.8) is 0 Å². The van der Waals surface area contributed by atoms with Gasteiger partial charge < -0.3 is 4.90 Å². The maximum atomic E-state index is 11.7. The highest BCUT2D eigenvalue weighted by atomic mass is 32.2. The van der Waals surface area contributed by atoms with Gasteiger partial charge in [-0.3, -0.25) is 4.79 Å². The SMILES string of the molecule is CCC1CCCN(C(=O)CSCC#N)C1. The van der Waals surface area contributed by atoms with E-state index in [9.17, 15) is 4.79 Å². The number of nitriles is 1. The Morgan fingerprint density at radius 3 is 3.13 bits per heavy atom. The van der Waals surface area contributed by atoms with E-state index in [0.717, 1.165) is 25.9 Å². The first kappa shape index (κ1) is 12.4. The first-order valence-electron chi connectivity index (χ1n) is 5.50. The van der Waals surface area contributed by atoms with Crippen LogP contribution < -0.4 is 0 Å². The van der Waals surface area contributed by atoms with Gasteiger partial charge in [-0.2, -0.15) is 5.26 Å². The van der Waals surface area contributed by atoms with Crippen LogP contribution in [0.25, 0.3) is 0 Å². The number of nitrogens with zero attached hydrogens (tertiary/aromatic N) is 2. The predicted molar refractivity (Wildman–Crippen MR) is 62.5 cm³/mol. The van der Waals surface area contributed by atoms with Gasteiger partial charge in [-0.25, -0.2) is 0 Å². The molecule has 1 atom stereocenters. The van der Waals surface area contributed by atoms with Crippen LogP contribution in [0, 0.1) is 17.2 Å². The summed E-state index contributed by atoms with van der Waals surface area (Å²) in [6, 6.07) is 2.04. The lowest BCUT2D eigenvalue weighted by Crippen LogP contribution is -2.40. The largest absolute Gasteiger partial charge is 0.342 e. The van der Waals surface area contributed by atoms with E-state index in [1.807, 2.05) is 11.0 Å². The number of amides is 1. The summed E-state index contributed by atoms with van der Waals surface area (Å²) in [6.07, 6.45) is 3.55. The lowest BCUT2D eigenvalue weighted by molar-refractivity contribution is -0.130. The van der Waals surface area contributed by atoms with E-state index in [0.29, 0.717) is 17.4 Å². The maximum Gasteiger partial charge on any atom is 0.232 e. The Labute approximate surface area is 95.8 Å². The van der Waals surface area contributed by atoms with Gasteiger partial charge in [0.1, 0.15) is 0 Å². The summed E-state index contributed by atoms with van der Waals surface area (Å²) in [5.74, 6) is 1.76. The van der Waals surface area contributed by atoms with Crippen molar-refractivity contribution in [2.45, 2.75) is 26.2 Å². The summed E-state index contributed by atoms with van der Waals surface area (Å²) >= 11 is 1.41. The fourth-order valence-corrected chi connectivity index (χ4v) is 2.45. The van der Waals surface area contributed by atoms with Gasteiger partial charge in [-0.15, -0.1) is 11.8 Å². The van der Waals surface area contributed by atoms with Crippen molar-refractivity contribution in [2.24, 2.45) is 5.92 Å². The van der Waals surface area contributed by atoms with Crippen molar-refractivity contribution in [3.05, 3.63) is 0 Å². The lowest BCUT2D eigenvalue weighted by Gasteiger charge is -2.32. The van der Waals surface area contributed by atoms with E-state index in [-0.39, 0.29) is 5.91 Å². The van der Waals surface area contributed by atoms with E-state index >= 15 is 0 Å². The molecular weight excluding hydrogens is 208 g/mol. The molecule has 1 rings (SSSR count). The van der Waals surface area contributed by atoms with Crippen molar-refractivity contribution in [3.8, 4) is 6.07 Å². The molecular formula is C11H18N2OS. The van der Waals surface area contributed by atoms with Crippen molar-refractivity contribution >= 4 is 17.7 Å². The van der Waals surface area contributed by atoms with Gasteiger partial charge in [0.25, 0.3) is 0 Å². The van der Waals surface area contributed by atoms with Crippen LogP contribution in [-0.4, -0.2) is 35.4 Å². The van der Waals surface area contributed by atoms with Gasteiger partial charge in [-0.05, 0) is 18.8 Å². The minimum Gasteiger partial charge on any atom is -0.342 e. The van der Waals surface area contributed by atoms with Gasteiger partial charge in [0.2, 0.25) is 5.91 Å². The molecule has 0 N–H and O–H groups in total. The zero-order valence-corrected chi connectivity index (χ0v) is 10.1. The van der Waals surface area contributed by atoms with Crippen molar-refractivity contribution < 1.29 is 4.79 Å².